The second-order valence-electron chi connectivity index (χ2n) is 12.9. The number of carbonyl (C=O) groups is 6. The maximum Gasteiger partial charge on any atom is 0.335 e. The molecule has 11 heteroatoms. The molecule has 0 aromatic heterocycles. The number of carbonyl (C=O) groups excluding carboxylic acids is 4. The van der Waals surface area contributed by atoms with E-state index in [9.17, 15) is 39.0 Å². The lowest BCUT2D eigenvalue weighted by atomic mass is 9.98. The highest BCUT2D eigenvalue weighted by atomic mass is 16.4. The maximum absolute atomic E-state index is 14.0. The van der Waals surface area contributed by atoms with Gasteiger partial charge in [-0.3, -0.25) is 24.0 Å². The minimum absolute atomic E-state index is 0.0207. The van der Waals surface area contributed by atoms with Crippen molar-refractivity contribution in [2.75, 3.05) is 0 Å². The van der Waals surface area contributed by atoms with Gasteiger partial charge in [-0.25, -0.2) is 4.79 Å². The van der Waals surface area contributed by atoms with Gasteiger partial charge in [-0.2, -0.15) is 0 Å². The highest BCUT2D eigenvalue weighted by Crippen LogP contribution is 2.20. The monoisotopic (exact) mass is 717 g/mol. The van der Waals surface area contributed by atoms with Crippen molar-refractivity contribution in [1.82, 2.24) is 16.0 Å². The van der Waals surface area contributed by atoms with Crippen LogP contribution in [0.25, 0.3) is 11.1 Å². The first-order valence-corrected chi connectivity index (χ1v) is 17.1. The van der Waals surface area contributed by atoms with Crippen LogP contribution in [0.5, 0.6) is 0 Å². The van der Waals surface area contributed by atoms with Crippen molar-refractivity contribution in [3.8, 4) is 11.1 Å². The summed E-state index contributed by atoms with van der Waals surface area (Å²) in [6.07, 6.45) is 0.787. The van der Waals surface area contributed by atoms with Gasteiger partial charge in [-0.05, 0) is 60.2 Å². The van der Waals surface area contributed by atoms with Gasteiger partial charge in [0.05, 0.1) is 23.9 Å². The number of Topliss-reactive ketones (excluding diaryl/α,β-unsaturated/α-hetero) is 1. The molecule has 0 saturated carbocycles. The Morgan fingerprint density at radius 3 is 1.66 bits per heavy atom. The summed E-state index contributed by atoms with van der Waals surface area (Å²) in [4.78, 5) is 76.9. The van der Waals surface area contributed by atoms with Crippen molar-refractivity contribution in [1.29, 1.82) is 0 Å². The number of carboxylic acid groups (broad SMARTS) is 2. The molecule has 5 N–H and O–H groups in total. The van der Waals surface area contributed by atoms with E-state index in [0.717, 1.165) is 22.3 Å². The number of nitrogens with one attached hydrogen (secondary N) is 3. The largest absolute Gasteiger partial charge is 0.481 e. The number of aryl methyl sites for hydroxylation is 1. The van der Waals surface area contributed by atoms with E-state index < -0.39 is 60.1 Å². The van der Waals surface area contributed by atoms with Gasteiger partial charge >= 0.3 is 11.9 Å². The average Bonchev–Trinajstić information content (AvgIpc) is 3.13. The van der Waals surface area contributed by atoms with Gasteiger partial charge in [0.2, 0.25) is 17.7 Å². The first-order valence-electron chi connectivity index (χ1n) is 17.1. The predicted molar refractivity (Wildman–Crippen MR) is 200 cm³/mol. The third-order valence-corrected chi connectivity index (χ3v) is 8.75. The summed E-state index contributed by atoms with van der Waals surface area (Å²) in [5, 5.41) is 26.8. The molecule has 3 amide bonds. The number of aliphatic carboxylic acids is 1. The zero-order valence-corrected chi connectivity index (χ0v) is 29.6. The van der Waals surface area contributed by atoms with Crippen molar-refractivity contribution < 1.29 is 39.0 Å². The summed E-state index contributed by atoms with van der Waals surface area (Å²) in [5.74, 6) is -5.90. The molecule has 274 valence electrons. The SMILES string of the molecule is C=C[C@@H](CC(=O)O)C(=O)N[C@@H](Cc1cccc(C)c1)C(=O)N[C@@H](Cc1ccc(C(=O)O)cc1)C(=O)N[C@@H](Cc1ccc(-c2ccccc2)cc1)C(C)=O. The highest BCUT2D eigenvalue weighted by Gasteiger charge is 2.31. The quantitative estimate of drug-likeness (QED) is 0.0919. The summed E-state index contributed by atoms with van der Waals surface area (Å²) in [6.45, 7) is 6.80. The van der Waals surface area contributed by atoms with E-state index >= 15 is 0 Å². The summed E-state index contributed by atoms with van der Waals surface area (Å²) in [6, 6.07) is 27.1. The molecule has 4 aromatic carbocycles. The van der Waals surface area contributed by atoms with Gasteiger partial charge in [-0.1, -0.05) is 103 Å². The Morgan fingerprint density at radius 1 is 0.623 bits per heavy atom. The third-order valence-electron chi connectivity index (χ3n) is 8.75. The Morgan fingerprint density at radius 2 is 1.13 bits per heavy atom. The van der Waals surface area contributed by atoms with Crippen molar-refractivity contribution in [3.05, 3.63) is 144 Å². The van der Waals surface area contributed by atoms with Crippen LogP contribution in [-0.2, 0) is 43.2 Å². The van der Waals surface area contributed by atoms with Crippen LogP contribution in [0.1, 0.15) is 46.0 Å². The summed E-state index contributed by atoms with van der Waals surface area (Å²) in [5.41, 5.74) is 5.00. The van der Waals surface area contributed by atoms with Crippen LogP contribution in [0.3, 0.4) is 0 Å². The number of carboxylic acids is 2. The smallest absolute Gasteiger partial charge is 0.335 e. The molecule has 0 unspecified atom stereocenters. The summed E-state index contributed by atoms with van der Waals surface area (Å²) >= 11 is 0. The molecule has 0 heterocycles. The zero-order chi connectivity index (χ0) is 38.5. The first-order chi connectivity index (χ1) is 25.3. The Labute approximate surface area is 308 Å². The molecule has 0 saturated heterocycles. The summed E-state index contributed by atoms with van der Waals surface area (Å²) < 4.78 is 0. The maximum atomic E-state index is 14.0. The van der Waals surface area contributed by atoms with Gasteiger partial charge in [0.1, 0.15) is 12.1 Å². The van der Waals surface area contributed by atoms with E-state index in [1.165, 1.54) is 37.3 Å². The molecular weight excluding hydrogens is 674 g/mol. The molecule has 0 bridgehead atoms. The van der Waals surface area contributed by atoms with E-state index in [-0.39, 0.29) is 30.6 Å². The first kappa shape index (κ1) is 39.4. The van der Waals surface area contributed by atoms with Gasteiger partial charge in [-0.15, -0.1) is 6.58 Å². The molecule has 11 nitrogen and oxygen atoms in total. The number of ketones is 1. The molecule has 0 aliphatic carbocycles. The highest BCUT2D eigenvalue weighted by molar-refractivity contribution is 5.95. The van der Waals surface area contributed by atoms with E-state index in [2.05, 4.69) is 22.5 Å². The second-order valence-corrected chi connectivity index (χ2v) is 12.9. The van der Waals surface area contributed by atoms with E-state index in [0.29, 0.717) is 11.1 Å². The van der Waals surface area contributed by atoms with Gasteiger partial charge in [0, 0.05) is 12.8 Å². The van der Waals surface area contributed by atoms with Crippen LogP contribution in [0, 0.1) is 12.8 Å². The Bertz CT molecular complexity index is 1940. The van der Waals surface area contributed by atoms with Crippen molar-refractivity contribution in [3.63, 3.8) is 0 Å². The van der Waals surface area contributed by atoms with E-state index in [1.807, 2.05) is 73.7 Å². The summed E-state index contributed by atoms with van der Waals surface area (Å²) in [7, 11) is 0. The molecule has 4 rings (SSSR count). The fourth-order valence-electron chi connectivity index (χ4n) is 5.80. The van der Waals surface area contributed by atoms with Gasteiger partial charge in [0.15, 0.2) is 5.78 Å². The Kier molecular flexibility index (Phi) is 14.0. The molecule has 0 fully saturated rings. The predicted octanol–water partition coefficient (Wildman–Crippen LogP) is 4.71. The molecule has 53 heavy (non-hydrogen) atoms. The van der Waals surface area contributed by atoms with Crippen LogP contribution in [0.2, 0.25) is 0 Å². The third kappa shape index (κ3) is 11.9. The van der Waals surface area contributed by atoms with Crippen LogP contribution in [0.4, 0.5) is 0 Å². The number of hydrogen-bond acceptors (Lipinski definition) is 6. The standard InChI is InChI=1S/C42H43N3O8/c1-4-31(25-38(47)48)39(49)44-37(24-30-10-8-9-26(2)21-30)41(51)45-36(23-29-15-19-34(20-16-29)42(52)53)40(50)43-35(27(3)46)22-28-13-17-33(18-14-28)32-11-6-5-7-12-32/h4-21,31,35-37H,1,22-25H2,2-3H3,(H,43,50)(H,44,49)(H,45,51)(H,47,48)(H,52,53)/t31-,35-,36-,37-/m0/s1. The van der Waals surface area contributed by atoms with Gasteiger partial charge < -0.3 is 26.2 Å². The Balaban J connectivity index is 1.60. The fraction of sp³-hybridized carbons (Fsp3) is 0.238. The molecule has 4 atom stereocenters. The fourth-order valence-corrected chi connectivity index (χ4v) is 5.80. The molecule has 4 aromatic rings. The topological polar surface area (TPSA) is 179 Å². The lowest BCUT2D eigenvalue weighted by Gasteiger charge is -2.26. The normalized spacial score (nSPS) is 13.0. The van der Waals surface area contributed by atoms with E-state index in [1.54, 1.807) is 12.1 Å². The number of aromatic carboxylic acids is 1. The minimum atomic E-state index is -1.26. The minimum Gasteiger partial charge on any atom is -0.481 e. The molecule has 0 aliphatic heterocycles. The number of rotatable bonds is 18. The van der Waals surface area contributed by atoms with E-state index in [4.69, 9.17) is 0 Å². The molecular formula is C42H43N3O8. The number of amides is 3. The zero-order valence-electron chi connectivity index (χ0n) is 29.6. The van der Waals surface area contributed by atoms with Gasteiger partial charge in [0.25, 0.3) is 0 Å². The van der Waals surface area contributed by atoms with Crippen molar-refractivity contribution >= 4 is 35.4 Å². The van der Waals surface area contributed by atoms with Crippen molar-refractivity contribution in [2.24, 2.45) is 5.92 Å². The lowest BCUT2D eigenvalue weighted by Crippen LogP contribution is -2.57. The Hall–Kier alpha value is -6.36. The molecule has 0 radical (unpaired) electrons. The molecule has 0 spiro atoms. The van der Waals surface area contributed by atoms with Crippen LogP contribution in [-0.4, -0.2) is 63.8 Å². The number of hydrogen-bond donors (Lipinski definition) is 5. The van der Waals surface area contributed by atoms with Crippen molar-refractivity contribution in [2.45, 2.75) is 57.7 Å². The van der Waals surface area contributed by atoms with Crippen LogP contribution >= 0.6 is 0 Å². The second kappa shape index (κ2) is 18.8. The lowest BCUT2D eigenvalue weighted by molar-refractivity contribution is -0.140. The van der Waals surface area contributed by atoms with Crippen LogP contribution in [0.15, 0.2) is 116 Å². The average molecular weight is 718 g/mol. The number of benzene rings is 4. The van der Waals surface area contributed by atoms with Crippen LogP contribution < -0.4 is 16.0 Å². The molecule has 0 aliphatic rings.